The van der Waals surface area contributed by atoms with Crippen LogP contribution >= 0.6 is 0 Å². The summed E-state index contributed by atoms with van der Waals surface area (Å²) in [6.45, 7) is 4.67. The van der Waals surface area contributed by atoms with E-state index in [2.05, 4.69) is 15.1 Å². The number of amides is 2. The van der Waals surface area contributed by atoms with Crippen LogP contribution in [-0.4, -0.2) is 56.0 Å². The average molecular weight is 609 g/mol. The first-order valence-electron chi connectivity index (χ1n) is 15.1. The molecule has 1 saturated heterocycles. The van der Waals surface area contributed by atoms with Gasteiger partial charge in [-0.25, -0.2) is 8.78 Å². The van der Waals surface area contributed by atoms with Gasteiger partial charge in [0.25, 0.3) is 11.8 Å². The molecule has 0 bridgehead atoms. The summed E-state index contributed by atoms with van der Waals surface area (Å²) in [7, 11) is 0. The highest BCUT2D eigenvalue weighted by molar-refractivity contribution is 6.09. The molecule has 1 N–H and O–H groups in total. The maximum Gasteiger partial charge on any atom is 0.294 e. The number of rotatable bonds is 9. The average Bonchev–Trinajstić information content (AvgIpc) is 3.06. The van der Waals surface area contributed by atoms with Gasteiger partial charge in [0.1, 0.15) is 11.6 Å². The standard InChI is InChI=1S/C36H34F2N4O3/c37-29-9-2-1-8-28(29)25-42-32-12-5-6-13-33(32)45-34(36(42)44)24-26-14-16-27(17-15-26)35(43)39-18-7-19-40-20-22-41(23-21-40)31-11-4-3-10-30(31)38/h1-6,8-17,24H,7,18-23,25H2,(H,39,43). The summed E-state index contributed by atoms with van der Waals surface area (Å²) in [6, 6.07) is 27.3. The summed E-state index contributed by atoms with van der Waals surface area (Å²) in [6.07, 6.45) is 2.43. The molecule has 0 spiro atoms. The third kappa shape index (κ3) is 7.05. The number of halogens is 2. The number of benzene rings is 4. The SMILES string of the molecule is O=C(NCCCN1CCN(c2ccccc2F)CC1)c1ccc(C=C2Oc3ccccc3N(Cc3ccccc3F)C2=O)cc1. The molecule has 0 aliphatic carbocycles. The van der Waals surface area contributed by atoms with Crippen molar-refractivity contribution in [1.82, 2.24) is 10.2 Å². The predicted molar refractivity (Wildman–Crippen MR) is 171 cm³/mol. The number of para-hydroxylation sites is 3. The minimum Gasteiger partial charge on any atom is -0.449 e. The summed E-state index contributed by atoms with van der Waals surface area (Å²) in [5, 5.41) is 2.98. The first-order valence-corrected chi connectivity index (χ1v) is 15.1. The molecule has 0 unspecified atom stereocenters. The molecule has 2 heterocycles. The molecule has 6 rings (SSSR count). The predicted octanol–water partition coefficient (Wildman–Crippen LogP) is 5.87. The van der Waals surface area contributed by atoms with Crippen molar-refractivity contribution in [2.24, 2.45) is 0 Å². The van der Waals surface area contributed by atoms with Crippen LogP contribution < -0.4 is 19.9 Å². The second-order valence-corrected chi connectivity index (χ2v) is 11.1. The lowest BCUT2D eigenvalue weighted by Gasteiger charge is -2.36. The molecular formula is C36H34F2N4O3. The molecular weight excluding hydrogens is 574 g/mol. The lowest BCUT2D eigenvalue weighted by atomic mass is 10.1. The highest BCUT2D eigenvalue weighted by Crippen LogP contribution is 2.36. The zero-order chi connectivity index (χ0) is 31.2. The summed E-state index contributed by atoms with van der Waals surface area (Å²) in [4.78, 5) is 32.1. The van der Waals surface area contributed by atoms with Gasteiger partial charge >= 0.3 is 0 Å². The van der Waals surface area contributed by atoms with E-state index in [1.54, 1.807) is 72.8 Å². The Balaban J connectivity index is 1.02. The van der Waals surface area contributed by atoms with E-state index in [9.17, 15) is 18.4 Å². The van der Waals surface area contributed by atoms with Gasteiger partial charge in [0.15, 0.2) is 11.5 Å². The Morgan fingerprint density at radius 2 is 1.47 bits per heavy atom. The van der Waals surface area contributed by atoms with Gasteiger partial charge in [-0.1, -0.05) is 54.6 Å². The van der Waals surface area contributed by atoms with Crippen molar-refractivity contribution >= 4 is 29.3 Å². The van der Waals surface area contributed by atoms with Crippen LogP contribution in [0.25, 0.3) is 6.08 Å². The summed E-state index contributed by atoms with van der Waals surface area (Å²) < 4.78 is 34.5. The molecule has 2 aliphatic heterocycles. The number of ether oxygens (including phenoxy) is 1. The fraction of sp³-hybridized carbons (Fsp3) is 0.222. The first kappa shape index (κ1) is 30.0. The van der Waals surface area contributed by atoms with Crippen LogP contribution in [0.15, 0.2) is 103 Å². The van der Waals surface area contributed by atoms with Crippen molar-refractivity contribution in [2.45, 2.75) is 13.0 Å². The second-order valence-electron chi connectivity index (χ2n) is 11.1. The van der Waals surface area contributed by atoms with Crippen LogP contribution in [0.1, 0.15) is 27.9 Å². The van der Waals surface area contributed by atoms with E-state index in [-0.39, 0.29) is 35.8 Å². The summed E-state index contributed by atoms with van der Waals surface area (Å²) >= 11 is 0. The number of carbonyl (C=O) groups excluding carboxylic acids is 2. The number of hydrogen-bond donors (Lipinski definition) is 1. The Kier molecular flexibility index (Phi) is 9.17. The molecule has 4 aromatic carbocycles. The summed E-state index contributed by atoms with van der Waals surface area (Å²) in [5.41, 5.74) is 2.82. The van der Waals surface area contributed by atoms with Crippen LogP contribution in [0.3, 0.4) is 0 Å². The van der Waals surface area contributed by atoms with Gasteiger partial charge < -0.3 is 15.0 Å². The molecule has 9 heteroatoms. The highest BCUT2D eigenvalue weighted by atomic mass is 19.1. The van der Waals surface area contributed by atoms with E-state index in [0.29, 0.717) is 40.4 Å². The Bertz CT molecular complexity index is 1700. The Hall–Kier alpha value is -5.02. The molecule has 0 atom stereocenters. The number of fused-ring (bicyclic) bond motifs is 1. The molecule has 1 fully saturated rings. The molecule has 0 aromatic heterocycles. The minimum atomic E-state index is -0.382. The van der Waals surface area contributed by atoms with E-state index < -0.39 is 0 Å². The lowest BCUT2D eigenvalue weighted by molar-refractivity contribution is -0.117. The largest absolute Gasteiger partial charge is 0.449 e. The van der Waals surface area contributed by atoms with E-state index in [1.807, 2.05) is 18.2 Å². The van der Waals surface area contributed by atoms with Crippen molar-refractivity contribution in [3.63, 3.8) is 0 Å². The Morgan fingerprint density at radius 1 is 0.800 bits per heavy atom. The lowest BCUT2D eigenvalue weighted by Crippen LogP contribution is -2.47. The van der Waals surface area contributed by atoms with E-state index in [0.717, 1.165) is 39.1 Å². The number of piperazine rings is 1. The topological polar surface area (TPSA) is 65.1 Å². The van der Waals surface area contributed by atoms with Gasteiger partial charge in [-0.05, 0) is 67.1 Å². The quantitative estimate of drug-likeness (QED) is 0.190. The molecule has 230 valence electrons. The van der Waals surface area contributed by atoms with Crippen molar-refractivity contribution in [3.8, 4) is 5.75 Å². The third-order valence-corrected chi connectivity index (χ3v) is 8.09. The van der Waals surface area contributed by atoms with E-state index in [4.69, 9.17) is 4.74 Å². The van der Waals surface area contributed by atoms with Crippen LogP contribution in [0, 0.1) is 11.6 Å². The fourth-order valence-electron chi connectivity index (χ4n) is 5.63. The molecule has 45 heavy (non-hydrogen) atoms. The van der Waals surface area contributed by atoms with Crippen molar-refractivity contribution in [2.75, 3.05) is 49.1 Å². The van der Waals surface area contributed by atoms with Crippen LogP contribution in [0.2, 0.25) is 0 Å². The molecule has 2 amide bonds. The first-order chi connectivity index (χ1) is 22.0. The van der Waals surface area contributed by atoms with Gasteiger partial charge in [0, 0.05) is 43.9 Å². The minimum absolute atomic E-state index is 0.0617. The monoisotopic (exact) mass is 608 g/mol. The smallest absolute Gasteiger partial charge is 0.294 e. The molecule has 2 aliphatic rings. The van der Waals surface area contributed by atoms with Crippen molar-refractivity contribution < 1.29 is 23.1 Å². The van der Waals surface area contributed by atoms with Crippen LogP contribution in [0.5, 0.6) is 5.75 Å². The maximum atomic E-state index is 14.4. The van der Waals surface area contributed by atoms with Crippen LogP contribution in [-0.2, 0) is 11.3 Å². The molecule has 4 aromatic rings. The zero-order valence-corrected chi connectivity index (χ0v) is 24.8. The number of nitrogens with one attached hydrogen (secondary N) is 1. The number of anilines is 2. The normalized spacial score (nSPS) is 16.0. The molecule has 0 saturated carbocycles. The van der Waals surface area contributed by atoms with E-state index >= 15 is 0 Å². The Labute approximate surface area is 261 Å². The number of hydrogen-bond acceptors (Lipinski definition) is 5. The number of nitrogens with zero attached hydrogens (tertiary/aromatic N) is 3. The van der Waals surface area contributed by atoms with Gasteiger partial charge in [-0.2, -0.15) is 0 Å². The van der Waals surface area contributed by atoms with Gasteiger partial charge in [0.05, 0.1) is 17.9 Å². The Morgan fingerprint density at radius 3 is 2.20 bits per heavy atom. The second kappa shape index (κ2) is 13.7. The molecule has 0 radical (unpaired) electrons. The van der Waals surface area contributed by atoms with Gasteiger partial charge in [-0.15, -0.1) is 0 Å². The maximum absolute atomic E-state index is 14.4. The van der Waals surface area contributed by atoms with Crippen LogP contribution in [0.4, 0.5) is 20.2 Å². The fourth-order valence-corrected chi connectivity index (χ4v) is 5.63. The third-order valence-electron chi connectivity index (χ3n) is 8.09. The van der Waals surface area contributed by atoms with Gasteiger partial charge in [0.2, 0.25) is 0 Å². The molecule has 7 nitrogen and oxygen atoms in total. The van der Waals surface area contributed by atoms with Crippen molar-refractivity contribution in [1.29, 1.82) is 0 Å². The number of carbonyl (C=O) groups is 2. The van der Waals surface area contributed by atoms with E-state index in [1.165, 1.54) is 17.0 Å². The highest BCUT2D eigenvalue weighted by Gasteiger charge is 2.30. The van der Waals surface area contributed by atoms with Crippen molar-refractivity contribution in [3.05, 3.63) is 131 Å². The summed E-state index contributed by atoms with van der Waals surface area (Å²) in [5.74, 6) is -0.517. The zero-order valence-electron chi connectivity index (χ0n) is 24.8. The van der Waals surface area contributed by atoms with Gasteiger partial charge in [-0.3, -0.25) is 19.4 Å².